The molecule has 2 atom stereocenters. The van der Waals surface area contributed by atoms with Gasteiger partial charge in [0.05, 0.1) is 25.2 Å². The van der Waals surface area contributed by atoms with E-state index in [2.05, 4.69) is 29.3 Å². The average molecular weight is 542 g/mol. The van der Waals surface area contributed by atoms with E-state index in [0.717, 1.165) is 36.2 Å². The Morgan fingerprint density at radius 3 is 2.38 bits per heavy atom. The number of carbonyl (C=O) groups excluding carboxylic acids is 2. The molecule has 0 aromatic heterocycles. The van der Waals surface area contributed by atoms with E-state index in [-0.39, 0.29) is 11.8 Å². The van der Waals surface area contributed by atoms with Crippen LogP contribution in [0.25, 0.3) is 0 Å². The quantitative estimate of drug-likeness (QED) is 0.331. The summed E-state index contributed by atoms with van der Waals surface area (Å²) in [5, 5.41) is 3.21. The second-order valence-electron chi connectivity index (χ2n) is 10.2. The first-order valence-corrected chi connectivity index (χ1v) is 14.5. The molecule has 2 aliphatic heterocycles. The zero-order chi connectivity index (χ0) is 28.1. The van der Waals surface area contributed by atoms with Crippen molar-refractivity contribution in [3.63, 3.8) is 0 Å². The van der Waals surface area contributed by atoms with Crippen molar-refractivity contribution in [3.05, 3.63) is 89.0 Å². The van der Waals surface area contributed by atoms with E-state index < -0.39 is 12.0 Å². The molecule has 3 aromatic rings. The van der Waals surface area contributed by atoms with E-state index in [9.17, 15) is 9.59 Å². The molecular formula is C33H39N3O4. The molecule has 0 unspecified atom stereocenters. The van der Waals surface area contributed by atoms with Gasteiger partial charge in [-0.05, 0) is 80.6 Å². The molecule has 2 aliphatic rings. The van der Waals surface area contributed by atoms with E-state index >= 15 is 0 Å². The lowest BCUT2D eigenvalue weighted by molar-refractivity contribution is -0.124. The highest BCUT2D eigenvalue weighted by atomic mass is 16.5. The molecule has 3 aromatic carbocycles. The third-order valence-corrected chi connectivity index (χ3v) is 7.87. The molecule has 5 rings (SSSR count). The maximum atomic E-state index is 14.0. The summed E-state index contributed by atoms with van der Waals surface area (Å²) in [6.45, 7) is 9.92. The lowest BCUT2D eigenvalue weighted by Crippen LogP contribution is -2.50. The molecule has 0 aliphatic carbocycles. The van der Waals surface area contributed by atoms with Gasteiger partial charge in [-0.2, -0.15) is 0 Å². The fourth-order valence-electron chi connectivity index (χ4n) is 6.05. The molecular weight excluding hydrogens is 502 g/mol. The average Bonchev–Trinajstić information content (AvgIpc) is 2.98. The van der Waals surface area contributed by atoms with Crippen LogP contribution in [0, 0.1) is 0 Å². The molecule has 210 valence electrons. The largest absolute Gasteiger partial charge is 0.490 e. The van der Waals surface area contributed by atoms with Crippen LogP contribution in [0.2, 0.25) is 0 Å². The number of nitrogens with zero attached hydrogens (tertiary/aromatic N) is 2. The van der Waals surface area contributed by atoms with Crippen LogP contribution >= 0.6 is 0 Å². The summed E-state index contributed by atoms with van der Waals surface area (Å²) in [7, 11) is 0. The van der Waals surface area contributed by atoms with Crippen LogP contribution in [-0.4, -0.2) is 56.1 Å². The Morgan fingerprint density at radius 2 is 1.65 bits per heavy atom. The molecule has 0 fully saturated rings. The predicted molar refractivity (Wildman–Crippen MR) is 157 cm³/mol. The Hall–Kier alpha value is -4.00. The number of anilines is 1. The predicted octanol–water partition coefficient (Wildman–Crippen LogP) is 5.35. The van der Waals surface area contributed by atoms with Gasteiger partial charge in [0.1, 0.15) is 0 Å². The van der Waals surface area contributed by atoms with Crippen LogP contribution in [0.3, 0.4) is 0 Å². The van der Waals surface area contributed by atoms with Crippen molar-refractivity contribution >= 4 is 17.5 Å². The van der Waals surface area contributed by atoms with E-state index in [1.54, 1.807) is 0 Å². The summed E-state index contributed by atoms with van der Waals surface area (Å²) >= 11 is 0. The van der Waals surface area contributed by atoms with Gasteiger partial charge in [-0.15, -0.1) is 0 Å². The zero-order valence-corrected chi connectivity index (χ0v) is 23.7. The van der Waals surface area contributed by atoms with Gasteiger partial charge in [0.2, 0.25) is 5.91 Å². The van der Waals surface area contributed by atoms with E-state index in [1.807, 2.05) is 73.3 Å². The zero-order valence-electron chi connectivity index (χ0n) is 23.7. The summed E-state index contributed by atoms with van der Waals surface area (Å²) in [5.74, 6) is 0.757. The highest BCUT2D eigenvalue weighted by molar-refractivity contribution is 6.01. The molecule has 0 spiro atoms. The molecule has 1 N–H and O–H groups in total. The number of hydrogen-bond donors (Lipinski definition) is 1. The van der Waals surface area contributed by atoms with Crippen LogP contribution in [0.5, 0.6) is 11.5 Å². The fraction of sp³-hybridized carbons (Fsp3) is 0.394. The van der Waals surface area contributed by atoms with E-state index in [0.29, 0.717) is 49.8 Å². The smallest absolute Gasteiger partial charge is 0.254 e. The highest BCUT2D eigenvalue weighted by Gasteiger charge is 2.46. The fourth-order valence-corrected chi connectivity index (χ4v) is 6.05. The maximum Gasteiger partial charge on any atom is 0.254 e. The van der Waals surface area contributed by atoms with Gasteiger partial charge < -0.3 is 24.6 Å². The van der Waals surface area contributed by atoms with Crippen molar-refractivity contribution in [2.24, 2.45) is 0 Å². The van der Waals surface area contributed by atoms with Crippen LogP contribution in [-0.2, 0) is 11.2 Å². The normalized spacial score (nSPS) is 17.4. The Kier molecular flexibility index (Phi) is 8.58. The first-order valence-electron chi connectivity index (χ1n) is 14.5. The minimum Gasteiger partial charge on any atom is -0.490 e. The van der Waals surface area contributed by atoms with Crippen LogP contribution < -0.4 is 19.7 Å². The summed E-state index contributed by atoms with van der Waals surface area (Å²) in [6, 6.07) is 21.5. The second-order valence-corrected chi connectivity index (χ2v) is 10.2. The summed E-state index contributed by atoms with van der Waals surface area (Å²) in [6.07, 6.45) is 1.52. The molecule has 40 heavy (non-hydrogen) atoms. The molecule has 0 bridgehead atoms. The lowest BCUT2D eigenvalue weighted by atomic mass is 9.75. The van der Waals surface area contributed by atoms with Crippen molar-refractivity contribution in [2.45, 2.75) is 45.6 Å². The Labute approximate surface area is 237 Å². The first kappa shape index (κ1) is 27.6. The monoisotopic (exact) mass is 541 g/mol. The topological polar surface area (TPSA) is 71.1 Å². The number of benzene rings is 3. The third kappa shape index (κ3) is 5.37. The minimum atomic E-state index is -0.517. The van der Waals surface area contributed by atoms with Crippen molar-refractivity contribution in [3.8, 4) is 11.5 Å². The number of amides is 2. The van der Waals surface area contributed by atoms with Gasteiger partial charge in [0.25, 0.3) is 5.91 Å². The standard InChI is InChI=1S/C33H39N3O4/c1-4-35(24-13-8-7-9-14-24)19-12-18-34-32(37)30-25-15-10-11-16-26(25)33(38)36-20-17-23-21-28(39-5-2)29(40-6-3)22-27(23)31(30)36/h7-11,13-16,21-22,30-31H,4-6,12,17-20H2,1-3H3,(H,34,37)/t30-,31+/m0/s1. The Bertz CT molecular complexity index is 1340. The highest BCUT2D eigenvalue weighted by Crippen LogP contribution is 2.48. The van der Waals surface area contributed by atoms with E-state index in [4.69, 9.17) is 9.47 Å². The van der Waals surface area contributed by atoms with Gasteiger partial charge >= 0.3 is 0 Å². The number of fused-ring (bicyclic) bond motifs is 4. The molecule has 7 heteroatoms. The number of carbonyl (C=O) groups is 2. The van der Waals surface area contributed by atoms with Crippen molar-refractivity contribution in [2.75, 3.05) is 44.3 Å². The Morgan fingerprint density at radius 1 is 0.950 bits per heavy atom. The van der Waals surface area contributed by atoms with Crippen molar-refractivity contribution in [1.82, 2.24) is 10.2 Å². The van der Waals surface area contributed by atoms with Gasteiger partial charge in [0.15, 0.2) is 11.5 Å². The maximum absolute atomic E-state index is 14.0. The number of rotatable bonds is 11. The molecule has 0 saturated carbocycles. The van der Waals surface area contributed by atoms with Crippen LogP contribution in [0.4, 0.5) is 5.69 Å². The Balaban J connectivity index is 1.42. The molecule has 2 amide bonds. The SMILES string of the molecule is CCOc1cc2c(cc1OCC)[C@@H]1[C@@H](C(=O)NCCCN(CC)c3ccccc3)c3ccccc3C(=O)N1CC2. The summed E-state index contributed by atoms with van der Waals surface area (Å²) in [4.78, 5) is 31.8. The lowest BCUT2D eigenvalue weighted by Gasteiger charge is -2.45. The number of ether oxygens (including phenoxy) is 2. The van der Waals surface area contributed by atoms with Crippen molar-refractivity contribution < 1.29 is 19.1 Å². The minimum absolute atomic E-state index is 0.0245. The van der Waals surface area contributed by atoms with Crippen LogP contribution in [0.1, 0.15) is 66.2 Å². The number of para-hydroxylation sites is 1. The van der Waals surface area contributed by atoms with E-state index in [1.165, 1.54) is 5.69 Å². The van der Waals surface area contributed by atoms with Gasteiger partial charge in [-0.25, -0.2) is 0 Å². The van der Waals surface area contributed by atoms with Gasteiger partial charge in [0, 0.05) is 37.4 Å². The summed E-state index contributed by atoms with van der Waals surface area (Å²) in [5.41, 5.74) is 4.63. The van der Waals surface area contributed by atoms with Crippen LogP contribution in [0.15, 0.2) is 66.7 Å². The second kappa shape index (κ2) is 12.5. The molecule has 0 saturated heterocycles. The van der Waals surface area contributed by atoms with Crippen molar-refractivity contribution in [1.29, 1.82) is 0 Å². The molecule has 2 heterocycles. The summed E-state index contributed by atoms with van der Waals surface area (Å²) < 4.78 is 11.8. The third-order valence-electron chi connectivity index (χ3n) is 7.87. The van der Waals surface area contributed by atoms with Gasteiger partial charge in [-0.1, -0.05) is 36.4 Å². The first-order chi connectivity index (χ1) is 19.6. The number of hydrogen-bond acceptors (Lipinski definition) is 5. The van der Waals surface area contributed by atoms with Gasteiger partial charge in [-0.3, -0.25) is 9.59 Å². The molecule has 7 nitrogen and oxygen atoms in total. The number of nitrogens with one attached hydrogen (secondary N) is 1. The molecule has 0 radical (unpaired) electrons.